The zero-order valence-electron chi connectivity index (χ0n) is 15.3. The molecule has 138 valence electrons. The summed E-state index contributed by atoms with van der Waals surface area (Å²) in [5, 5.41) is 11.5. The molecule has 2 aliphatic rings. The number of ether oxygens (including phenoxy) is 1. The molecular weight excluding hydrogens is 318 g/mol. The predicted octanol–water partition coefficient (Wildman–Crippen LogP) is 0.920. The Kier molecular flexibility index (Phi) is 5.86. The number of nitrogens with zero attached hydrogens (tertiary/aromatic N) is 4. The maximum Gasteiger partial charge on any atom is 0.231 e. The molecule has 0 bridgehead atoms. The minimum absolute atomic E-state index is 0.201. The number of methoxy groups -OCH3 is 1. The molecule has 1 unspecified atom stereocenters. The Bertz CT molecular complexity index is 556. The number of nitrogens with one attached hydrogen (secondary N) is 1. The number of aromatic nitrogens is 2. The van der Waals surface area contributed by atoms with Gasteiger partial charge in [-0.25, -0.2) is 0 Å². The van der Waals surface area contributed by atoms with E-state index in [2.05, 4.69) is 20.4 Å². The van der Waals surface area contributed by atoms with Gasteiger partial charge in [0.1, 0.15) is 0 Å². The van der Waals surface area contributed by atoms with E-state index >= 15 is 0 Å². The molecule has 7 heteroatoms. The molecule has 2 aliphatic heterocycles. The SMILES string of the molecule is COCC1(C(=O)N(C)C2CCCN(c3cccnn3)C2)CCNCC1. The van der Waals surface area contributed by atoms with Crippen molar-refractivity contribution in [2.75, 3.05) is 51.8 Å². The Labute approximate surface area is 149 Å². The molecule has 25 heavy (non-hydrogen) atoms. The molecule has 3 rings (SSSR count). The molecule has 1 atom stereocenters. The topological polar surface area (TPSA) is 70.6 Å². The lowest BCUT2D eigenvalue weighted by Crippen LogP contribution is -2.56. The van der Waals surface area contributed by atoms with Crippen molar-refractivity contribution in [3.8, 4) is 0 Å². The lowest BCUT2D eigenvalue weighted by atomic mass is 9.78. The van der Waals surface area contributed by atoms with E-state index in [0.717, 1.165) is 57.7 Å². The van der Waals surface area contributed by atoms with Crippen molar-refractivity contribution in [1.82, 2.24) is 20.4 Å². The second-order valence-corrected chi connectivity index (χ2v) is 7.20. The van der Waals surface area contributed by atoms with Crippen molar-refractivity contribution in [2.24, 2.45) is 5.41 Å². The number of hydrogen-bond acceptors (Lipinski definition) is 6. The lowest BCUT2D eigenvalue weighted by molar-refractivity contribution is -0.148. The zero-order valence-corrected chi connectivity index (χ0v) is 15.3. The summed E-state index contributed by atoms with van der Waals surface area (Å²) in [5.41, 5.74) is -0.385. The van der Waals surface area contributed by atoms with Gasteiger partial charge in [-0.1, -0.05) is 0 Å². The van der Waals surface area contributed by atoms with Crippen LogP contribution in [0.2, 0.25) is 0 Å². The summed E-state index contributed by atoms with van der Waals surface area (Å²) in [6.45, 7) is 4.02. The molecule has 2 saturated heterocycles. The fourth-order valence-electron chi connectivity index (χ4n) is 4.08. The van der Waals surface area contributed by atoms with E-state index in [4.69, 9.17) is 4.74 Å². The van der Waals surface area contributed by atoms with E-state index in [1.807, 2.05) is 24.1 Å². The molecule has 1 amide bonds. The normalized spacial score (nSPS) is 23.3. The molecule has 1 aromatic heterocycles. The predicted molar refractivity (Wildman–Crippen MR) is 96.4 cm³/mol. The zero-order chi connectivity index (χ0) is 17.7. The van der Waals surface area contributed by atoms with Gasteiger partial charge in [0.05, 0.1) is 12.0 Å². The minimum atomic E-state index is -0.385. The highest BCUT2D eigenvalue weighted by Crippen LogP contribution is 2.33. The summed E-state index contributed by atoms with van der Waals surface area (Å²) in [4.78, 5) is 17.5. The van der Waals surface area contributed by atoms with Crippen LogP contribution in [0.3, 0.4) is 0 Å². The summed E-state index contributed by atoms with van der Waals surface area (Å²) < 4.78 is 5.43. The van der Waals surface area contributed by atoms with Gasteiger partial charge in [0.25, 0.3) is 0 Å². The van der Waals surface area contributed by atoms with Gasteiger partial charge in [0.2, 0.25) is 5.91 Å². The number of hydrogen-bond donors (Lipinski definition) is 1. The van der Waals surface area contributed by atoms with Crippen LogP contribution in [0.25, 0.3) is 0 Å². The smallest absolute Gasteiger partial charge is 0.231 e. The van der Waals surface area contributed by atoms with Crippen molar-refractivity contribution in [3.63, 3.8) is 0 Å². The molecule has 0 aromatic carbocycles. The second-order valence-electron chi connectivity index (χ2n) is 7.20. The van der Waals surface area contributed by atoms with Gasteiger partial charge in [-0.05, 0) is 50.9 Å². The quantitative estimate of drug-likeness (QED) is 0.854. The largest absolute Gasteiger partial charge is 0.384 e. The molecule has 0 saturated carbocycles. The fraction of sp³-hybridized carbons (Fsp3) is 0.722. The van der Waals surface area contributed by atoms with Crippen LogP contribution in [0.4, 0.5) is 5.82 Å². The molecule has 0 radical (unpaired) electrons. The fourth-order valence-corrected chi connectivity index (χ4v) is 4.08. The van der Waals surface area contributed by atoms with Gasteiger partial charge in [0, 0.05) is 39.5 Å². The van der Waals surface area contributed by atoms with E-state index in [1.54, 1.807) is 13.3 Å². The summed E-state index contributed by atoms with van der Waals surface area (Å²) in [6.07, 6.45) is 5.44. The van der Waals surface area contributed by atoms with E-state index in [0.29, 0.717) is 6.61 Å². The van der Waals surface area contributed by atoms with E-state index in [9.17, 15) is 4.79 Å². The van der Waals surface area contributed by atoms with Crippen LogP contribution in [-0.4, -0.2) is 74.0 Å². The molecule has 3 heterocycles. The van der Waals surface area contributed by atoms with Crippen molar-refractivity contribution in [1.29, 1.82) is 0 Å². The third-order valence-corrected chi connectivity index (χ3v) is 5.58. The number of amides is 1. The molecule has 1 aromatic rings. The van der Waals surface area contributed by atoms with Crippen molar-refractivity contribution < 1.29 is 9.53 Å². The van der Waals surface area contributed by atoms with E-state index < -0.39 is 0 Å². The van der Waals surface area contributed by atoms with Crippen LogP contribution in [-0.2, 0) is 9.53 Å². The standard InChI is InChI=1S/C18H29N5O2/c1-22(17(24)18(14-25-2)7-10-19-11-8-18)15-5-4-12-23(13-15)16-6-3-9-20-21-16/h3,6,9,15,19H,4-5,7-8,10-14H2,1-2H3. The maximum atomic E-state index is 13.3. The molecule has 1 N–H and O–H groups in total. The maximum absolute atomic E-state index is 13.3. The Morgan fingerprint density at radius 3 is 2.96 bits per heavy atom. The lowest BCUT2D eigenvalue weighted by Gasteiger charge is -2.43. The third kappa shape index (κ3) is 3.93. The van der Waals surface area contributed by atoms with Crippen LogP contribution in [0.1, 0.15) is 25.7 Å². The van der Waals surface area contributed by atoms with Gasteiger partial charge >= 0.3 is 0 Å². The van der Waals surface area contributed by atoms with Crippen molar-refractivity contribution in [3.05, 3.63) is 18.3 Å². The highest BCUT2D eigenvalue weighted by atomic mass is 16.5. The first-order valence-electron chi connectivity index (χ1n) is 9.16. The van der Waals surface area contributed by atoms with Crippen LogP contribution >= 0.6 is 0 Å². The Morgan fingerprint density at radius 1 is 1.48 bits per heavy atom. The van der Waals surface area contributed by atoms with Gasteiger partial charge < -0.3 is 19.9 Å². The molecule has 0 spiro atoms. The number of piperidine rings is 2. The van der Waals surface area contributed by atoms with Crippen LogP contribution in [0, 0.1) is 5.41 Å². The van der Waals surface area contributed by atoms with Gasteiger partial charge in [-0.2, -0.15) is 5.10 Å². The van der Waals surface area contributed by atoms with Crippen molar-refractivity contribution >= 4 is 11.7 Å². The van der Waals surface area contributed by atoms with Crippen molar-refractivity contribution in [2.45, 2.75) is 31.7 Å². The molecular formula is C18H29N5O2. The number of rotatable bonds is 5. The molecule has 2 fully saturated rings. The summed E-state index contributed by atoms with van der Waals surface area (Å²) >= 11 is 0. The average Bonchev–Trinajstić information content (AvgIpc) is 2.68. The molecule has 7 nitrogen and oxygen atoms in total. The van der Waals surface area contributed by atoms with Crippen LogP contribution in [0.15, 0.2) is 18.3 Å². The average molecular weight is 347 g/mol. The second kappa shape index (κ2) is 8.10. The Morgan fingerprint density at radius 2 is 2.28 bits per heavy atom. The Hall–Kier alpha value is -1.73. The summed E-state index contributed by atoms with van der Waals surface area (Å²) in [6, 6.07) is 4.09. The van der Waals surface area contributed by atoms with Crippen LogP contribution < -0.4 is 10.2 Å². The number of likely N-dealkylation sites (N-methyl/N-ethyl adjacent to an activating group) is 1. The molecule has 0 aliphatic carbocycles. The third-order valence-electron chi connectivity index (χ3n) is 5.58. The summed E-state index contributed by atoms with van der Waals surface area (Å²) in [5.74, 6) is 1.11. The first-order chi connectivity index (χ1) is 12.2. The van der Waals surface area contributed by atoms with Gasteiger partial charge in [-0.15, -0.1) is 5.10 Å². The monoisotopic (exact) mass is 347 g/mol. The van der Waals surface area contributed by atoms with E-state index in [-0.39, 0.29) is 17.4 Å². The van der Waals surface area contributed by atoms with Gasteiger partial charge in [-0.3, -0.25) is 4.79 Å². The number of carbonyl (C=O) groups is 1. The number of carbonyl (C=O) groups excluding carboxylic acids is 1. The van der Waals surface area contributed by atoms with Gasteiger partial charge in [0.15, 0.2) is 5.82 Å². The summed E-state index contributed by atoms with van der Waals surface area (Å²) in [7, 11) is 3.64. The van der Waals surface area contributed by atoms with Crippen LogP contribution in [0.5, 0.6) is 0 Å². The van der Waals surface area contributed by atoms with E-state index in [1.165, 1.54) is 0 Å². The minimum Gasteiger partial charge on any atom is -0.384 e. The first kappa shape index (κ1) is 18.1. The highest BCUT2D eigenvalue weighted by Gasteiger charge is 2.43. The Balaban J connectivity index is 1.70. The first-order valence-corrected chi connectivity index (χ1v) is 9.16. The number of anilines is 1. The highest BCUT2D eigenvalue weighted by molar-refractivity contribution is 5.83.